The molecule has 0 heterocycles. The number of hydrazone groups is 1. The van der Waals surface area contributed by atoms with Gasteiger partial charge >= 0.3 is 0 Å². The van der Waals surface area contributed by atoms with Crippen molar-refractivity contribution < 1.29 is 14.3 Å². The molecule has 0 saturated carbocycles. The zero-order valence-corrected chi connectivity index (χ0v) is 15.7. The summed E-state index contributed by atoms with van der Waals surface area (Å²) < 4.78 is 11.0. The number of para-hydroxylation sites is 1. The summed E-state index contributed by atoms with van der Waals surface area (Å²) in [5, 5.41) is 6.04. The highest BCUT2D eigenvalue weighted by Gasteiger charge is 2.13. The third kappa shape index (κ3) is 3.92. The summed E-state index contributed by atoms with van der Waals surface area (Å²) in [6.07, 6.45) is 1.56. The lowest BCUT2D eigenvalue weighted by atomic mass is 9.99. The number of hydrogen-bond donors (Lipinski definition) is 1. The van der Waals surface area contributed by atoms with Gasteiger partial charge in [-0.25, -0.2) is 5.43 Å². The Morgan fingerprint density at radius 3 is 2.70 bits per heavy atom. The van der Waals surface area contributed by atoms with Crippen LogP contribution in [0.3, 0.4) is 0 Å². The van der Waals surface area contributed by atoms with Crippen molar-refractivity contribution in [2.45, 2.75) is 13.8 Å². The second-order valence-corrected chi connectivity index (χ2v) is 5.99. The first-order valence-electron chi connectivity index (χ1n) is 8.77. The van der Waals surface area contributed by atoms with E-state index in [4.69, 9.17) is 9.47 Å². The fraction of sp³-hybridized carbons (Fsp3) is 0.182. The van der Waals surface area contributed by atoms with Crippen molar-refractivity contribution in [3.8, 4) is 11.5 Å². The van der Waals surface area contributed by atoms with Crippen LogP contribution in [0.15, 0.2) is 59.7 Å². The molecule has 138 valence electrons. The monoisotopic (exact) mass is 362 g/mol. The molecular formula is C22H22N2O3. The number of nitrogens with one attached hydrogen (secondary N) is 1. The van der Waals surface area contributed by atoms with E-state index in [1.807, 2.05) is 68.4 Å². The molecule has 27 heavy (non-hydrogen) atoms. The third-order valence-corrected chi connectivity index (χ3v) is 4.25. The number of ether oxygens (including phenoxy) is 2. The van der Waals surface area contributed by atoms with Gasteiger partial charge in [-0.15, -0.1) is 0 Å². The van der Waals surface area contributed by atoms with Crippen LogP contribution in [0, 0.1) is 6.92 Å². The SMILES string of the molecule is CCOc1cccc(/C=N\NC(=O)c2c(C)ccc3ccccc23)c1OC. The predicted molar refractivity (Wildman–Crippen MR) is 108 cm³/mol. The minimum absolute atomic E-state index is 0.250. The van der Waals surface area contributed by atoms with Crippen LogP contribution in [0.5, 0.6) is 11.5 Å². The van der Waals surface area contributed by atoms with Gasteiger partial charge < -0.3 is 9.47 Å². The van der Waals surface area contributed by atoms with Crippen molar-refractivity contribution in [2.24, 2.45) is 5.10 Å². The van der Waals surface area contributed by atoms with Gasteiger partial charge in [0.2, 0.25) is 0 Å². The summed E-state index contributed by atoms with van der Waals surface area (Å²) in [5.41, 5.74) is 4.86. The molecule has 3 aromatic carbocycles. The van der Waals surface area contributed by atoms with E-state index < -0.39 is 0 Å². The molecule has 1 N–H and O–H groups in total. The van der Waals surface area contributed by atoms with E-state index in [2.05, 4.69) is 10.5 Å². The molecule has 3 aromatic rings. The van der Waals surface area contributed by atoms with Crippen LogP contribution in [0.25, 0.3) is 10.8 Å². The van der Waals surface area contributed by atoms with Gasteiger partial charge in [-0.2, -0.15) is 5.10 Å². The van der Waals surface area contributed by atoms with E-state index in [0.29, 0.717) is 23.7 Å². The summed E-state index contributed by atoms with van der Waals surface area (Å²) in [6.45, 7) is 4.36. The molecule has 0 atom stereocenters. The number of aryl methyl sites for hydroxylation is 1. The van der Waals surface area contributed by atoms with Gasteiger partial charge in [0.25, 0.3) is 5.91 Å². The van der Waals surface area contributed by atoms with Gasteiger partial charge in [0, 0.05) is 5.56 Å². The van der Waals surface area contributed by atoms with Gasteiger partial charge in [0.1, 0.15) is 0 Å². The first-order valence-corrected chi connectivity index (χ1v) is 8.77. The van der Waals surface area contributed by atoms with Crippen LogP contribution in [0.2, 0.25) is 0 Å². The van der Waals surface area contributed by atoms with E-state index in [1.54, 1.807) is 13.3 Å². The summed E-state index contributed by atoms with van der Waals surface area (Å²) in [7, 11) is 1.58. The van der Waals surface area contributed by atoms with Crippen LogP contribution in [0.1, 0.15) is 28.4 Å². The number of fused-ring (bicyclic) bond motifs is 1. The number of carbonyl (C=O) groups is 1. The van der Waals surface area contributed by atoms with Crippen molar-refractivity contribution >= 4 is 22.9 Å². The maximum absolute atomic E-state index is 12.7. The minimum Gasteiger partial charge on any atom is -0.492 e. The maximum Gasteiger partial charge on any atom is 0.272 e. The third-order valence-electron chi connectivity index (χ3n) is 4.25. The molecule has 3 rings (SSSR count). The zero-order chi connectivity index (χ0) is 19.2. The standard InChI is InChI=1S/C22H22N2O3/c1-4-27-19-11-7-9-17(21(19)26-3)14-23-24-22(25)20-15(2)12-13-16-8-5-6-10-18(16)20/h5-14H,4H2,1-3H3,(H,24,25)/b23-14-. The predicted octanol–water partition coefficient (Wildman–Crippen LogP) is 4.32. The average molecular weight is 362 g/mol. The van der Waals surface area contributed by atoms with E-state index in [0.717, 1.165) is 21.9 Å². The molecule has 0 bridgehead atoms. The molecule has 5 heteroatoms. The number of amides is 1. The van der Waals surface area contributed by atoms with Crippen molar-refractivity contribution in [1.29, 1.82) is 0 Å². The highest BCUT2D eigenvalue weighted by molar-refractivity contribution is 6.08. The molecule has 0 radical (unpaired) electrons. The van der Waals surface area contributed by atoms with Gasteiger partial charge in [-0.1, -0.05) is 42.5 Å². The van der Waals surface area contributed by atoms with Gasteiger partial charge in [-0.3, -0.25) is 4.79 Å². The van der Waals surface area contributed by atoms with Crippen molar-refractivity contribution in [1.82, 2.24) is 5.43 Å². The van der Waals surface area contributed by atoms with Crippen molar-refractivity contribution in [2.75, 3.05) is 13.7 Å². The smallest absolute Gasteiger partial charge is 0.272 e. The lowest BCUT2D eigenvalue weighted by Gasteiger charge is -2.11. The van der Waals surface area contributed by atoms with Crippen LogP contribution in [0.4, 0.5) is 0 Å². The molecule has 0 fully saturated rings. The van der Waals surface area contributed by atoms with Crippen LogP contribution in [-0.2, 0) is 0 Å². The number of hydrogen-bond acceptors (Lipinski definition) is 4. The van der Waals surface area contributed by atoms with Gasteiger partial charge in [0.15, 0.2) is 11.5 Å². The molecule has 0 aromatic heterocycles. The molecule has 0 unspecified atom stereocenters. The molecular weight excluding hydrogens is 340 g/mol. The fourth-order valence-electron chi connectivity index (χ4n) is 3.02. The number of rotatable bonds is 6. The van der Waals surface area contributed by atoms with Gasteiger partial charge in [0.05, 0.1) is 25.5 Å². The zero-order valence-electron chi connectivity index (χ0n) is 15.7. The largest absolute Gasteiger partial charge is 0.492 e. The summed E-state index contributed by atoms with van der Waals surface area (Å²) in [4.78, 5) is 12.7. The summed E-state index contributed by atoms with van der Waals surface area (Å²) in [6, 6.07) is 17.3. The lowest BCUT2D eigenvalue weighted by Crippen LogP contribution is -2.19. The van der Waals surface area contributed by atoms with Gasteiger partial charge in [-0.05, 0) is 42.3 Å². The van der Waals surface area contributed by atoms with E-state index in [1.165, 1.54) is 0 Å². The lowest BCUT2D eigenvalue weighted by molar-refractivity contribution is 0.0956. The Hall–Kier alpha value is -3.34. The molecule has 0 aliphatic heterocycles. The number of methoxy groups -OCH3 is 1. The van der Waals surface area contributed by atoms with Crippen LogP contribution < -0.4 is 14.9 Å². The quantitative estimate of drug-likeness (QED) is 0.525. The van der Waals surface area contributed by atoms with E-state index >= 15 is 0 Å². The minimum atomic E-state index is -0.250. The van der Waals surface area contributed by atoms with Crippen LogP contribution >= 0.6 is 0 Å². The Labute approximate surface area is 158 Å². The van der Waals surface area contributed by atoms with E-state index in [9.17, 15) is 4.79 Å². The molecule has 5 nitrogen and oxygen atoms in total. The number of carbonyl (C=O) groups excluding carboxylic acids is 1. The molecule has 0 spiro atoms. The Morgan fingerprint density at radius 1 is 1.11 bits per heavy atom. The van der Waals surface area contributed by atoms with E-state index in [-0.39, 0.29) is 5.91 Å². The topological polar surface area (TPSA) is 59.9 Å². The Balaban J connectivity index is 1.85. The molecule has 0 aliphatic carbocycles. The Morgan fingerprint density at radius 2 is 1.93 bits per heavy atom. The normalized spacial score (nSPS) is 10.9. The fourth-order valence-corrected chi connectivity index (χ4v) is 3.02. The highest BCUT2D eigenvalue weighted by Crippen LogP contribution is 2.30. The summed E-state index contributed by atoms with van der Waals surface area (Å²) >= 11 is 0. The van der Waals surface area contributed by atoms with Crippen molar-refractivity contribution in [3.05, 3.63) is 71.3 Å². The molecule has 0 aliphatic rings. The first-order chi connectivity index (χ1) is 13.2. The van der Waals surface area contributed by atoms with Crippen molar-refractivity contribution in [3.63, 3.8) is 0 Å². The van der Waals surface area contributed by atoms with Crippen LogP contribution in [-0.4, -0.2) is 25.8 Å². The first kappa shape index (κ1) is 18.5. The highest BCUT2D eigenvalue weighted by atomic mass is 16.5. The average Bonchev–Trinajstić information content (AvgIpc) is 2.68. The molecule has 0 saturated heterocycles. The Bertz CT molecular complexity index is 996. The number of nitrogens with zero attached hydrogens (tertiary/aromatic N) is 1. The maximum atomic E-state index is 12.7. The molecule has 1 amide bonds. The second kappa shape index (κ2) is 8.36. The summed E-state index contributed by atoms with van der Waals surface area (Å²) in [5.74, 6) is 0.972. The Kier molecular flexibility index (Phi) is 5.71. The second-order valence-electron chi connectivity index (χ2n) is 5.99. The number of benzene rings is 3.